The minimum Gasteiger partial charge on any atom is -0.459 e. The van der Waals surface area contributed by atoms with Crippen LogP contribution in [0, 0.1) is 6.92 Å². The third kappa shape index (κ3) is 4.98. The Morgan fingerprint density at radius 3 is 2.37 bits per heavy atom. The summed E-state index contributed by atoms with van der Waals surface area (Å²) in [5, 5.41) is 0. The third-order valence-electron chi connectivity index (χ3n) is 2.31. The van der Waals surface area contributed by atoms with Gasteiger partial charge in [-0.3, -0.25) is 8.98 Å². The first-order valence-electron chi connectivity index (χ1n) is 5.68. The van der Waals surface area contributed by atoms with Gasteiger partial charge in [-0.1, -0.05) is 17.7 Å². The summed E-state index contributed by atoms with van der Waals surface area (Å²) in [6.07, 6.45) is -0.780. The lowest BCUT2D eigenvalue weighted by atomic mass is 10.2. The minimum atomic E-state index is -3.86. The molecule has 19 heavy (non-hydrogen) atoms. The topological polar surface area (TPSA) is 95.7 Å². The number of hydrogen-bond donors (Lipinski definition) is 1. The summed E-state index contributed by atoms with van der Waals surface area (Å²) >= 11 is 0. The maximum absolute atomic E-state index is 11.8. The predicted octanol–water partition coefficient (Wildman–Crippen LogP) is 0.591. The molecule has 0 spiro atoms. The second kappa shape index (κ2) is 6.65. The molecule has 0 heterocycles. The highest BCUT2D eigenvalue weighted by molar-refractivity contribution is 7.86. The van der Waals surface area contributed by atoms with Crippen LogP contribution in [-0.4, -0.2) is 33.6 Å². The molecule has 106 valence electrons. The molecule has 0 unspecified atom stereocenters. The van der Waals surface area contributed by atoms with Crippen LogP contribution < -0.4 is 5.73 Å². The van der Waals surface area contributed by atoms with Gasteiger partial charge in [0.2, 0.25) is 0 Å². The van der Waals surface area contributed by atoms with Crippen molar-refractivity contribution >= 4 is 16.1 Å². The first-order chi connectivity index (χ1) is 8.85. The molecule has 0 aromatic heterocycles. The molecule has 0 saturated carbocycles. The summed E-state index contributed by atoms with van der Waals surface area (Å²) in [5.74, 6) is -0.535. The zero-order chi connectivity index (χ0) is 14.5. The van der Waals surface area contributed by atoms with E-state index in [0.29, 0.717) is 0 Å². The fraction of sp³-hybridized carbons (Fsp3) is 0.417. The van der Waals surface area contributed by atoms with Gasteiger partial charge < -0.3 is 10.5 Å². The highest BCUT2D eigenvalue weighted by Crippen LogP contribution is 2.13. The molecule has 0 aliphatic rings. The van der Waals surface area contributed by atoms with Crippen molar-refractivity contribution in [1.29, 1.82) is 0 Å². The zero-order valence-electron chi connectivity index (χ0n) is 10.8. The van der Waals surface area contributed by atoms with Crippen LogP contribution in [0.25, 0.3) is 0 Å². The molecule has 0 saturated heterocycles. The Labute approximate surface area is 112 Å². The SMILES string of the molecule is CC(=O)O[C@H](CN)COS(=O)(=O)c1ccc(C)cc1. The van der Waals surface area contributed by atoms with Gasteiger partial charge in [0.25, 0.3) is 10.1 Å². The maximum atomic E-state index is 11.8. The Morgan fingerprint density at radius 1 is 1.32 bits per heavy atom. The van der Waals surface area contributed by atoms with Gasteiger partial charge >= 0.3 is 5.97 Å². The zero-order valence-corrected chi connectivity index (χ0v) is 11.6. The molecule has 2 N–H and O–H groups in total. The normalized spacial score (nSPS) is 13.0. The number of aryl methyl sites for hydroxylation is 1. The summed E-state index contributed by atoms with van der Waals surface area (Å²) in [4.78, 5) is 10.8. The second-order valence-electron chi connectivity index (χ2n) is 4.02. The molecule has 0 fully saturated rings. The monoisotopic (exact) mass is 287 g/mol. The smallest absolute Gasteiger partial charge is 0.303 e. The summed E-state index contributed by atoms with van der Waals surface area (Å²) in [5.41, 5.74) is 6.30. The highest BCUT2D eigenvalue weighted by atomic mass is 32.2. The van der Waals surface area contributed by atoms with Crippen molar-refractivity contribution in [2.75, 3.05) is 13.2 Å². The third-order valence-corrected chi connectivity index (χ3v) is 3.61. The van der Waals surface area contributed by atoms with Gasteiger partial charge in [-0.05, 0) is 19.1 Å². The Balaban J connectivity index is 2.69. The van der Waals surface area contributed by atoms with E-state index in [1.165, 1.54) is 19.1 Å². The van der Waals surface area contributed by atoms with Crippen LogP contribution in [0.3, 0.4) is 0 Å². The fourth-order valence-corrected chi connectivity index (χ4v) is 2.26. The van der Waals surface area contributed by atoms with Crippen LogP contribution in [-0.2, 0) is 23.8 Å². The number of rotatable bonds is 6. The van der Waals surface area contributed by atoms with E-state index in [1.54, 1.807) is 12.1 Å². The number of esters is 1. The van der Waals surface area contributed by atoms with Gasteiger partial charge in [-0.2, -0.15) is 8.42 Å². The van der Waals surface area contributed by atoms with Crippen LogP contribution in [0.1, 0.15) is 12.5 Å². The van der Waals surface area contributed by atoms with Crippen molar-refractivity contribution in [3.8, 4) is 0 Å². The lowest BCUT2D eigenvalue weighted by molar-refractivity contribution is -0.147. The highest BCUT2D eigenvalue weighted by Gasteiger charge is 2.19. The van der Waals surface area contributed by atoms with E-state index in [0.717, 1.165) is 5.56 Å². The summed E-state index contributed by atoms with van der Waals surface area (Å²) < 4.78 is 33.3. The molecule has 0 bridgehead atoms. The maximum Gasteiger partial charge on any atom is 0.303 e. The minimum absolute atomic E-state index is 0.0109. The average Bonchev–Trinajstić information content (AvgIpc) is 2.34. The molecule has 6 nitrogen and oxygen atoms in total. The number of hydrogen-bond acceptors (Lipinski definition) is 6. The summed E-state index contributed by atoms with van der Waals surface area (Å²) in [6, 6.07) is 6.24. The van der Waals surface area contributed by atoms with Crippen molar-refractivity contribution < 1.29 is 22.1 Å². The van der Waals surface area contributed by atoms with Crippen molar-refractivity contribution in [2.45, 2.75) is 24.8 Å². The molecule has 0 radical (unpaired) electrons. The standard InChI is InChI=1S/C12H17NO5S/c1-9-3-5-12(6-4-9)19(15,16)17-8-11(7-13)18-10(2)14/h3-6,11H,7-8,13H2,1-2H3/t11-/m1/s1. The Hall–Kier alpha value is -1.44. The van der Waals surface area contributed by atoms with Gasteiger partial charge in [-0.25, -0.2) is 0 Å². The molecular formula is C12H17NO5S. The largest absolute Gasteiger partial charge is 0.459 e. The molecule has 1 aromatic carbocycles. The molecule has 1 atom stereocenters. The van der Waals surface area contributed by atoms with Crippen LogP contribution in [0.2, 0.25) is 0 Å². The van der Waals surface area contributed by atoms with Gasteiger partial charge in [0, 0.05) is 13.5 Å². The first kappa shape index (κ1) is 15.6. The molecule has 7 heteroatoms. The van der Waals surface area contributed by atoms with E-state index in [-0.39, 0.29) is 18.0 Å². The van der Waals surface area contributed by atoms with Crippen molar-refractivity contribution in [3.63, 3.8) is 0 Å². The molecular weight excluding hydrogens is 270 g/mol. The van der Waals surface area contributed by atoms with Crippen molar-refractivity contribution in [1.82, 2.24) is 0 Å². The first-order valence-corrected chi connectivity index (χ1v) is 7.09. The van der Waals surface area contributed by atoms with Crippen molar-refractivity contribution in [3.05, 3.63) is 29.8 Å². The Morgan fingerprint density at radius 2 is 1.89 bits per heavy atom. The second-order valence-corrected chi connectivity index (χ2v) is 5.63. The summed E-state index contributed by atoms with van der Waals surface area (Å²) in [6.45, 7) is 2.76. The number of nitrogens with two attached hydrogens (primary N) is 1. The number of carbonyl (C=O) groups is 1. The van der Waals surface area contributed by atoms with Crippen LogP contribution in [0.4, 0.5) is 0 Å². The molecule has 0 aliphatic heterocycles. The Kier molecular flexibility index (Phi) is 5.46. The van der Waals surface area contributed by atoms with E-state index < -0.39 is 22.2 Å². The van der Waals surface area contributed by atoms with Gasteiger partial charge in [-0.15, -0.1) is 0 Å². The van der Waals surface area contributed by atoms with Gasteiger partial charge in [0.1, 0.15) is 12.7 Å². The lowest BCUT2D eigenvalue weighted by Gasteiger charge is -2.14. The summed E-state index contributed by atoms with van der Waals surface area (Å²) in [7, 11) is -3.86. The van der Waals surface area contributed by atoms with E-state index >= 15 is 0 Å². The number of carbonyl (C=O) groups excluding carboxylic acids is 1. The quantitative estimate of drug-likeness (QED) is 0.607. The lowest BCUT2D eigenvalue weighted by Crippen LogP contribution is -2.31. The van der Waals surface area contributed by atoms with Crippen LogP contribution >= 0.6 is 0 Å². The van der Waals surface area contributed by atoms with Gasteiger partial charge in [0.15, 0.2) is 0 Å². The molecule has 1 rings (SSSR count). The van der Waals surface area contributed by atoms with Gasteiger partial charge in [0.05, 0.1) is 4.90 Å². The van der Waals surface area contributed by atoms with Crippen LogP contribution in [0.15, 0.2) is 29.2 Å². The Bertz CT molecular complexity index is 524. The average molecular weight is 287 g/mol. The fourth-order valence-electron chi connectivity index (χ4n) is 1.32. The molecule has 1 aromatic rings. The van der Waals surface area contributed by atoms with Crippen LogP contribution in [0.5, 0.6) is 0 Å². The van der Waals surface area contributed by atoms with E-state index in [2.05, 4.69) is 0 Å². The van der Waals surface area contributed by atoms with E-state index in [9.17, 15) is 13.2 Å². The van der Waals surface area contributed by atoms with E-state index in [4.69, 9.17) is 14.7 Å². The van der Waals surface area contributed by atoms with Crippen molar-refractivity contribution in [2.24, 2.45) is 5.73 Å². The number of ether oxygens (including phenoxy) is 1. The van der Waals surface area contributed by atoms with E-state index in [1.807, 2.05) is 6.92 Å². The number of benzene rings is 1. The predicted molar refractivity (Wildman–Crippen MR) is 68.9 cm³/mol. The molecule has 0 amide bonds. The molecule has 0 aliphatic carbocycles.